The van der Waals surface area contributed by atoms with Crippen LogP contribution in [0, 0.1) is 17.7 Å². The number of methoxy groups -OCH3 is 1. The van der Waals surface area contributed by atoms with Crippen molar-refractivity contribution in [3.8, 4) is 22.6 Å². The van der Waals surface area contributed by atoms with Gasteiger partial charge in [-0.3, -0.25) is 9.79 Å². The predicted molar refractivity (Wildman–Crippen MR) is 156 cm³/mol. The topological polar surface area (TPSA) is 52.3 Å². The molecule has 208 valence electrons. The van der Waals surface area contributed by atoms with Crippen LogP contribution in [0.2, 0.25) is 0 Å². The van der Waals surface area contributed by atoms with Crippen molar-refractivity contribution in [2.45, 2.75) is 58.5 Å². The minimum Gasteiger partial charge on any atom is -0.496 e. The molecule has 1 saturated carbocycles. The van der Waals surface area contributed by atoms with E-state index in [0.717, 1.165) is 78.4 Å². The SMILES string of the molecule is CCOc1cc(C[NH+]2CC[C@H]3C(CC(=O)c4ccc5c(c4)N=C(C)C5)CC[C@H]32)cc(OC)c1-c1ccc(F)cc1. The number of rotatable bonds is 9. The fourth-order valence-corrected chi connectivity index (χ4v) is 7.31. The summed E-state index contributed by atoms with van der Waals surface area (Å²) in [6.07, 6.45) is 4.96. The van der Waals surface area contributed by atoms with E-state index < -0.39 is 0 Å². The molecule has 1 saturated heterocycles. The summed E-state index contributed by atoms with van der Waals surface area (Å²) in [4.78, 5) is 19.5. The number of hydrogen-bond donors (Lipinski definition) is 1. The van der Waals surface area contributed by atoms with Crippen LogP contribution >= 0.6 is 0 Å². The van der Waals surface area contributed by atoms with E-state index in [-0.39, 0.29) is 11.6 Å². The number of carbonyl (C=O) groups excluding carboxylic acids is 1. The van der Waals surface area contributed by atoms with Crippen LogP contribution in [0.25, 0.3) is 11.1 Å². The Morgan fingerprint density at radius 1 is 1.05 bits per heavy atom. The van der Waals surface area contributed by atoms with Crippen molar-refractivity contribution in [1.82, 2.24) is 0 Å². The fraction of sp³-hybridized carbons (Fsp3) is 0.412. The van der Waals surface area contributed by atoms with Crippen molar-refractivity contribution in [3.05, 3.63) is 77.1 Å². The highest BCUT2D eigenvalue weighted by molar-refractivity contribution is 5.99. The Bertz CT molecular complexity index is 1450. The summed E-state index contributed by atoms with van der Waals surface area (Å²) in [6.45, 7) is 6.56. The first kappa shape index (κ1) is 26.7. The summed E-state index contributed by atoms with van der Waals surface area (Å²) in [5.74, 6) is 2.53. The van der Waals surface area contributed by atoms with Gasteiger partial charge in [0.05, 0.1) is 37.6 Å². The number of fused-ring (bicyclic) bond motifs is 2. The molecule has 3 aromatic carbocycles. The van der Waals surface area contributed by atoms with Crippen LogP contribution < -0.4 is 14.4 Å². The number of ether oxygens (including phenoxy) is 2. The standard InChI is InChI=1S/C34H37FN2O3/c1-4-40-33-17-22(16-32(39-3)34(33)23-7-10-27(35)11-8-23)20-37-14-13-28-24(9-12-30(28)37)19-31(38)26-6-5-25-15-21(2)36-29(25)18-26/h5-8,10-11,16-18,24,28,30H,4,9,12-15,19-20H2,1-3H3/p+1/t24?,28-,30+/m0/s1. The molecule has 2 aliphatic heterocycles. The molecule has 3 aliphatic rings. The minimum absolute atomic E-state index is 0.254. The van der Waals surface area contributed by atoms with Crippen molar-refractivity contribution < 1.29 is 23.6 Å². The van der Waals surface area contributed by atoms with Crippen molar-refractivity contribution in [2.75, 3.05) is 20.3 Å². The molecule has 6 rings (SSSR count). The van der Waals surface area contributed by atoms with Crippen LogP contribution in [-0.4, -0.2) is 37.8 Å². The number of aliphatic imine (C=N–C) groups is 1. The second-order valence-electron chi connectivity index (χ2n) is 11.6. The summed E-state index contributed by atoms with van der Waals surface area (Å²) in [5.41, 5.74) is 7.01. The number of nitrogens with one attached hydrogen (secondary N) is 1. The molecule has 0 bridgehead atoms. The Hall–Kier alpha value is -3.51. The van der Waals surface area contributed by atoms with E-state index in [2.05, 4.69) is 23.2 Å². The second kappa shape index (κ2) is 11.2. The van der Waals surface area contributed by atoms with Crippen molar-refractivity contribution in [1.29, 1.82) is 0 Å². The Balaban J connectivity index is 1.16. The highest BCUT2D eigenvalue weighted by atomic mass is 19.1. The Morgan fingerprint density at radius 2 is 1.85 bits per heavy atom. The van der Waals surface area contributed by atoms with Gasteiger partial charge in [-0.25, -0.2) is 4.39 Å². The summed E-state index contributed by atoms with van der Waals surface area (Å²) < 4.78 is 25.5. The Morgan fingerprint density at radius 3 is 2.62 bits per heavy atom. The number of halogens is 1. The number of benzene rings is 3. The Kier molecular flexibility index (Phi) is 7.45. The number of carbonyl (C=O) groups is 1. The fourth-order valence-electron chi connectivity index (χ4n) is 7.31. The number of hydrogen-bond acceptors (Lipinski definition) is 4. The van der Waals surface area contributed by atoms with Gasteiger partial charge in [-0.05, 0) is 74.1 Å². The lowest BCUT2D eigenvalue weighted by molar-refractivity contribution is -0.927. The maximum Gasteiger partial charge on any atom is 0.163 e. The van der Waals surface area contributed by atoms with Crippen LogP contribution in [-0.2, 0) is 13.0 Å². The summed E-state index contributed by atoms with van der Waals surface area (Å²) in [5, 5.41) is 0. The molecule has 5 nitrogen and oxygen atoms in total. The molecule has 0 aromatic heterocycles. The number of ketones is 1. The largest absolute Gasteiger partial charge is 0.496 e. The van der Waals surface area contributed by atoms with Crippen molar-refractivity contribution >= 4 is 17.2 Å². The van der Waals surface area contributed by atoms with E-state index in [4.69, 9.17) is 9.47 Å². The maximum atomic E-state index is 13.6. The molecular formula is C34H38FN2O3+. The van der Waals surface area contributed by atoms with E-state index in [1.54, 1.807) is 24.1 Å². The van der Waals surface area contributed by atoms with Crippen LogP contribution in [0.4, 0.5) is 10.1 Å². The molecule has 0 amide bonds. The van der Waals surface area contributed by atoms with E-state index in [1.807, 2.05) is 26.0 Å². The smallest absolute Gasteiger partial charge is 0.163 e. The zero-order valence-electron chi connectivity index (χ0n) is 23.6. The first-order valence-electron chi connectivity index (χ1n) is 14.6. The minimum atomic E-state index is -0.266. The third-order valence-electron chi connectivity index (χ3n) is 9.12. The van der Waals surface area contributed by atoms with Crippen molar-refractivity contribution in [2.24, 2.45) is 16.8 Å². The molecule has 3 aromatic rings. The monoisotopic (exact) mass is 541 g/mol. The highest BCUT2D eigenvalue weighted by Gasteiger charge is 2.47. The van der Waals surface area contributed by atoms with Gasteiger partial charge in [-0.2, -0.15) is 0 Å². The molecular weight excluding hydrogens is 503 g/mol. The van der Waals surface area contributed by atoms with Gasteiger partial charge in [0.2, 0.25) is 0 Å². The van der Waals surface area contributed by atoms with E-state index in [1.165, 1.54) is 23.3 Å². The predicted octanol–water partition coefficient (Wildman–Crippen LogP) is 6.00. The summed E-state index contributed by atoms with van der Waals surface area (Å²) in [6, 6.07) is 17.3. The van der Waals surface area contributed by atoms with E-state index in [9.17, 15) is 9.18 Å². The lowest BCUT2D eigenvalue weighted by Gasteiger charge is -2.23. The lowest BCUT2D eigenvalue weighted by Crippen LogP contribution is -3.12. The zero-order chi connectivity index (χ0) is 27.8. The Labute approximate surface area is 236 Å². The highest BCUT2D eigenvalue weighted by Crippen LogP contribution is 2.41. The number of nitrogens with zero attached hydrogens (tertiary/aromatic N) is 1. The van der Waals surface area contributed by atoms with Gasteiger partial charge in [0.15, 0.2) is 5.78 Å². The second-order valence-corrected chi connectivity index (χ2v) is 11.6. The van der Waals surface area contributed by atoms with E-state index in [0.29, 0.717) is 30.9 Å². The normalized spacial score (nSPS) is 23.1. The maximum absolute atomic E-state index is 13.6. The molecule has 0 spiro atoms. The van der Waals surface area contributed by atoms with Gasteiger partial charge in [0, 0.05) is 42.0 Å². The van der Waals surface area contributed by atoms with Crippen LogP contribution in [0.5, 0.6) is 11.5 Å². The molecule has 0 radical (unpaired) electrons. The first-order valence-corrected chi connectivity index (χ1v) is 14.6. The lowest BCUT2D eigenvalue weighted by atomic mass is 9.87. The third-order valence-corrected chi connectivity index (χ3v) is 9.12. The van der Waals surface area contributed by atoms with E-state index >= 15 is 0 Å². The zero-order valence-corrected chi connectivity index (χ0v) is 23.6. The summed E-state index contributed by atoms with van der Waals surface area (Å²) in [7, 11) is 1.67. The quantitative estimate of drug-likeness (QED) is 0.338. The molecule has 1 aliphatic carbocycles. The van der Waals surface area contributed by atoms with Crippen LogP contribution in [0.3, 0.4) is 0 Å². The molecule has 2 fully saturated rings. The molecule has 6 heteroatoms. The van der Waals surface area contributed by atoms with Gasteiger partial charge < -0.3 is 14.4 Å². The van der Waals surface area contributed by atoms with Crippen LogP contribution in [0.1, 0.15) is 61.0 Å². The molecule has 4 atom stereocenters. The average Bonchev–Trinajstić information content (AvgIpc) is 3.64. The summed E-state index contributed by atoms with van der Waals surface area (Å²) >= 11 is 0. The average molecular weight is 542 g/mol. The number of likely N-dealkylation sites (tertiary alicyclic amines) is 1. The molecule has 2 heterocycles. The van der Waals surface area contributed by atoms with Gasteiger partial charge in [-0.1, -0.05) is 24.3 Å². The number of quaternary nitrogens is 1. The van der Waals surface area contributed by atoms with Gasteiger partial charge >= 0.3 is 0 Å². The molecule has 2 unspecified atom stereocenters. The molecule has 1 N–H and O–H groups in total. The first-order chi connectivity index (χ1) is 19.4. The molecule has 40 heavy (non-hydrogen) atoms. The van der Waals surface area contributed by atoms with Gasteiger partial charge in [0.25, 0.3) is 0 Å². The van der Waals surface area contributed by atoms with Gasteiger partial charge in [-0.15, -0.1) is 0 Å². The number of Topliss-reactive ketones (excluding diaryl/α,β-unsaturated/α-hetero) is 1. The third kappa shape index (κ3) is 5.17. The van der Waals surface area contributed by atoms with Crippen molar-refractivity contribution in [3.63, 3.8) is 0 Å². The van der Waals surface area contributed by atoms with Gasteiger partial charge in [0.1, 0.15) is 23.9 Å². The van der Waals surface area contributed by atoms with Crippen LogP contribution in [0.15, 0.2) is 59.6 Å².